The fourth-order valence-electron chi connectivity index (χ4n) is 3.96. The molecule has 0 unspecified atom stereocenters. The molecule has 3 aromatic rings. The Morgan fingerprint density at radius 3 is 2.16 bits per heavy atom. The second-order valence-electron chi connectivity index (χ2n) is 8.21. The zero-order valence-electron chi connectivity index (χ0n) is 18.5. The lowest BCUT2D eigenvalue weighted by Crippen LogP contribution is -2.51. The van der Waals surface area contributed by atoms with Crippen LogP contribution in [-0.4, -0.2) is 52.9 Å². The van der Waals surface area contributed by atoms with Gasteiger partial charge in [0, 0.05) is 31.7 Å². The van der Waals surface area contributed by atoms with E-state index < -0.39 is 5.82 Å². The molecule has 0 aliphatic carbocycles. The van der Waals surface area contributed by atoms with Gasteiger partial charge in [-0.25, -0.2) is 4.39 Å². The summed E-state index contributed by atoms with van der Waals surface area (Å²) in [5.74, 6) is -0.268. The molecule has 6 nitrogen and oxygen atoms in total. The van der Waals surface area contributed by atoms with Crippen molar-refractivity contribution in [2.45, 2.75) is 27.2 Å². The van der Waals surface area contributed by atoms with E-state index in [1.54, 1.807) is 28.9 Å². The highest BCUT2D eigenvalue weighted by Crippen LogP contribution is 2.24. The molecule has 0 spiro atoms. The van der Waals surface area contributed by atoms with Gasteiger partial charge in [0.1, 0.15) is 11.6 Å². The zero-order chi connectivity index (χ0) is 22.8. The van der Waals surface area contributed by atoms with Gasteiger partial charge in [0.25, 0.3) is 5.91 Å². The zero-order valence-corrected chi connectivity index (χ0v) is 18.5. The molecule has 4 rings (SSSR count). The highest BCUT2D eigenvalue weighted by Gasteiger charge is 2.27. The molecule has 0 radical (unpaired) electrons. The maximum absolute atomic E-state index is 14.8. The number of nitrogens with zero attached hydrogens (tertiary/aromatic N) is 3. The molecule has 166 valence electrons. The van der Waals surface area contributed by atoms with E-state index in [0.717, 1.165) is 22.3 Å². The summed E-state index contributed by atoms with van der Waals surface area (Å²) in [4.78, 5) is 28.9. The Morgan fingerprint density at radius 1 is 0.938 bits per heavy atom. The van der Waals surface area contributed by atoms with Gasteiger partial charge in [0.15, 0.2) is 0 Å². The lowest BCUT2D eigenvalue weighted by Gasteiger charge is -2.35. The lowest BCUT2D eigenvalue weighted by molar-refractivity contribution is -0.131. The summed E-state index contributed by atoms with van der Waals surface area (Å²) >= 11 is 0. The minimum atomic E-state index is -0.537. The number of aryl methyl sites for hydroxylation is 3. The highest BCUT2D eigenvalue weighted by atomic mass is 19.1. The third-order valence-corrected chi connectivity index (χ3v) is 6.01. The molecule has 1 fully saturated rings. The second-order valence-corrected chi connectivity index (χ2v) is 8.21. The van der Waals surface area contributed by atoms with Crippen molar-refractivity contribution in [2.75, 3.05) is 26.2 Å². The Hall–Kier alpha value is -3.48. The number of rotatable bonds is 4. The van der Waals surface area contributed by atoms with Crippen molar-refractivity contribution >= 4 is 11.8 Å². The van der Waals surface area contributed by atoms with Crippen LogP contribution in [0.3, 0.4) is 0 Å². The van der Waals surface area contributed by atoms with Gasteiger partial charge in [-0.3, -0.25) is 9.59 Å². The van der Waals surface area contributed by atoms with Crippen LogP contribution in [0.15, 0.2) is 47.0 Å². The summed E-state index contributed by atoms with van der Waals surface area (Å²) in [7, 11) is 0. The first-order valence-electron chi connectivity index (χ1n) is 10.7. The third-order valence-electron chi connectivity index (χ3n) is 6.01. The Balaban J connectivity index is 1.39. The van der Waals surface area contributed by atoms with Gasteiger partial charge in [0.2, 0.25) is 5.91 Å². The van der Waals surface area contributed by atoms with Crippen LogP contribution in [0.25, 0.3) is 11.1 Å². The summed E-state index contributed by atoms with van der Waals surface area (Å²) in [6, 6.07) is 12.5. The van der Waals surface area contributed by atoms with Gasteiger partial charge in [0.05, 0.1) is 17.7 Å². The van der Waals surface area contributed by atoms with Crippen molar-refractivity contribution in [3.63, 3.8) is 0 Å². The standard InChI is InChI=1S/C25H26FN3O3/c1-16-4-6-19(7-5-16)20-8-9-21(23(26)14-20)25(31)29-12-10-28(11-13-29)24(30)15-22-17(2)27-32-18(22)3/h4-9,14H,10-13,15H2,1-3H3. The van der Waals surface area contributed by atoms with Gasteiger partial charge < -0.3 is 14.3 Å². The summed E-state index contributed by atoms with van der Waals surface area (Å²) in [6.45, 7) is 7.16. The molecule has 1 aliphatic rings. The number of carbonyl (C=O) groups is 2. The molecule has 1 aliphatic heterocycles. The van der Waals surface area contributed by atoms with Crippen molar-refractivity contribution in [3.05, 3.63) is 76.4 Å². The Labute approximate surface area is 186 Å². The van der Waals surface area contributed by atoms with Crippen LogP contribution in [0, 0.1) is 26.6 Å². The van der Waals surface area contributed by atoms with Crippen molar-refractivity contribution in [2.24, 2.45) is 0 Å². The fourth-order valence-corrected chi connectivity index (χ4v) is 3.96. The molecule has 2 heterocycles. The molecule has 0 bridgehead atoms. The van der Waals surface area contributed by atoms with E-state index in [-0.39, 0.29) is 23.8 Å². The minimum absolute atomic E-state index is 0.0277. The number of hydrogen-bond donors (Lipinski definition) is 0. The fraction of sp³-hybridized carbons (Fsp3) is 0.320. The quantitative estimate of drug-likeness (QED) is 0.623. The Kier molecular flexibility index (Phi) is 6.08. The average molecular weight is 435 g/mol. The van der Waals surface area contributed by atoms with Gasteiger partial charge in [-0.1, -0.05) is 41.1 Å². The first kappa shape index (κ1) is 21.7. The Bertz CT molecular complexity index is 1130. The van der Waals surface area contributed by atoms with Gasteiger partial charge >= 0.3 is 0 Å². The molecule has 0 N–H and O–H groups in total. The Morgan fingerprint density at radius 2 is 1.56 bits per heavy atom. The van der Waals surface area contributed by atoms with Crippen molar-refractivity contribution in [1.29, 1.82) is 0 Å². The number of aromatic nitrogens is 1. The van der Waals surface area contributed by atoms with Crippen LogP contribution >= 0.6 is 0 Å². The number of amides is 2. The molecule has 2 amide bonds. The highest BCUT2D eigenvalue weighted by molar-refractivity contribution is 5.95. The van der Waals surface area contributed by atoms with Gasteiger partial charge in [-0.2, -0.15) is 0 Å². The van der Waals surface area contributed by atoms with E-state index in [1.165, 1.54) is 6.07 Å². The van der Waals surface area contributed by atoms with Crippen LogP contribution < -0.4 is 0 Å². The summed E-state index contributed by atoms with van der Waals surface area (Å²) in [5.41, 5.74) is 4.34. The molecular formula is C25H26FN3O3. The van der Waals surface area contributed by atoms with Crippen LogP contribution in [0.2, 0.25) is 0 Å². The molecule has 0 atom stereocenters. The van der Waals surface area contributed by atoms with Crippen LogP contribution in [0.4, 0.5) is 4.39 Å². The number of carbonyl (C=O) groups excluding carboxylic acids is 2. The molecule has 0 saturated carbocycles. The molecule has 32 heavy (non-hydrogen) atoms. The average Bonchev–Trinajstić information content (AvgIpc) is 3.11. The summed E-state index contributed by atoms with van der Waals surface area (Å²) in [5, 5.41) is 3.89. The predicted molar refractivity (Wildman–Crippen MR) is 119 cm³/mol. The van der Waals surface area contributed by atoms with Crippen LogP contribution in [0.5, 0.6) is 0 Å². The predicted octanol–water partition coefficient (Wildman–Crippen LogP) is 3.93. The van der Waals surface area contributed by atoms with Crippen molar-refractivity contribution < 1.29 is 18.5 Å². The largest absolute Gasteiger partial charge is 0.361 e. The van der Waals surface area contributed by atoms with E-state index in [2.05, 4.69) is 5.16 Å². The molecule has 1 aromatic heterocycles. The summed E-state index contributed by atoms with van der Waals surface area (Å²) in [6.07, 6.45) is 0.226. The molecular weight excluding hydrogens is 409 g/mol. The van der Waals surface area contributed by atoms with Crippen molar-refractivity contribution in [1.82, 2.24) is 15.0 Å². The summed E-state index contributed by atoms with van der Waals surface area (Å²) < 4.78 is 19.9. The van der Waals surface area contributed by atoms with Gasteiger partial charge in [-0.15, -0.1) is 0 Å². The SMILES string of the molecule is Cc1ccc(-c2ccc(C(=O)N3CCN(C(=O)Cc4c(C)noc4C)CC3)c(F)c2)cc1. The number of piperazine rings is 1. The van der Waals surface area contributed by atoms with Crippen LogP contribution in [-0.2, 0) is 11.2 Å². The third kappa shape index (κ3) is 4.42. The van der Waals surface area contributed by atoms with Gasteiger partial charge in [-0.05, 0) is 44.0 Å². The molecule has 1 saturated heterocycles. The molecule has 7 heteroatoms. The number of benzene rings is 2. The minimum Gasteiger partial charge on any atom is -0.361 e. The van der Waals surface area contributed by atoms with E-state index >= 15 is 0 Å². The first-order valence-corrected chi connectivity index (χ1v) is 10.7. The van der Waals surface area contributed by atoms with Crippen LogP contribution in [0.1, 0.15) is 32.9 Å². The maximum Gasteiger partial charge on any atom is 0.256 e. The van der Waals surface area contributed by atoms with E-state index in [0.29, 0.717) is 37.6 Å². The smallest absolute Gasteiger partial charge is 0.256 e. The molecule has 2 aromatic carbocycles. The van der Waals surface area contributed by atoms with E-state index in [4.69, 9.17) is 4.52 Å². The normalized spacial score (nSPS) is 14.0. The topological polar surface area (TPSA) is 66.7 Å². The number of halogens is 1. The number of hydrogen-bond acceptors (Lipinski definition) is 4. The second kappa shape index (κ2) is 8.94. The lowest BCUT2D eigenvalue weighted by atomic mass is 10.0. The van der Waals surface area contributed by atoms with E-state index in [1.807, 2.05) is 38.1 Å². The maximum atomic E-state index is 14.8. The monoisotopic (exact) mass is 435 g/mol. The first-order chi connectivity index (χ1) is 15.3. The van der Waals surface area contributed by atoms with E-state index in [9.17, 15) is 14.0 Å². The van der Waals surface area contributed by atoms with Crippen molar-refractivity contribution in [3.8, 4) is 11.1 Å².